The largest absolute Gasteiger partial charge is 0.497 e. The van der Waals surface area contributed by atoms with Crippen LogP contribution in [0.1, 0.15) is 11.1 Å². The molecule has 1 heterocycles. The van der Waals surface area contributed by atoms with E-state index in [1.54, 1.807) is 43.5 Å². The number of imide groups is 1. The number of ether oxygens (including phenoxy) is 3. The second-order valence-electron chi connectivity index (χ2n) is 7.64. The van der Waals surface area contributed by atoms with Crippen LogP contribution in [0.4, 0.5) is 5.69 Å². The van der Waals surface area contributed by atoms with Gasteiger partial charge in [-0.25, -0.2) is 0 Å². The standard InChI is InChI=1S/C27H26N2O5/c1-32-19-13-14-21(23(17-19)34-3)28-25-24(20-11-7-8-12-22(20)33-2)26(30)29(27(25)31)16-15-18-9-5-4-6-10-18/h4-14,17,28H,15-16H2,1-3H3. The molecule has 1 N–H and O–H groups in total. The van der Waals surface area contributed by atoms with Crippen LogP contribution < -0.4 is 19.5 Å². The molecule has 0 spiro atoms. The van der Waals surface area contributed by atoms with Crippen molar-refractivity contribution in [3.8, 4) is 17.2 Å². The molecule has 0 unspecified atom stereocenters. The van der Waals surface area contributed by atoms with Gasteiger partial charge in [-0.3, -0.25) is 14.5 Å². The molecule has 2 amide bonds. The number of hydrogen-bond donors (Lipinski definition) is 1. The Hall–Kier alpha value is -4.26. The van der Waals surface area contributed by atoms with E-state index in [-0.39, 0.29) is 23.7 Å². The highest BCUT2D eigenvalue weighted by Gasteiger charge is 2.40. The van der Waals surface area contributed by atoms with Gasteiger partial charge >= 0.3 is 0 Å². The lowest BCUT2D eigenvalue weighted by Gasteiger charge is -2.16. The summed E-state index contributed by atoms with van der Waals surface area (Å²) >= 11 is 0. The Morgan fingerprint density at radius 1 is 0.765 bits per heavy atom. The van der Waals surface area contributed by atoms with E-state index in [2.05, 4.69) is 5.32 Å². The van der Waals surface area contributed by atoms with Crippen LogP contribution in [0.2, 0.25) is 0 Å². The maximum atomic E-state index is 13.6. The summed E-state index contributed by atoms with van der Waals surface area (Å²) in [6.45, 7) is 0.255. The van der Waals surface area contributed by atoms with Gasteiger partial charge in [0.1, 0.15) is 22.9 Å². The zero-order valence-electron chi connectivity index (χ0n) is 19.3. The number of anilines is 1. The minimum atomic E-state index is -0.403. The Morgan fingerprint density at radius 3 is 2.18 bits per heavy atom. The summed E-state index contributed by atoms with van der Waals surface area (Å²) in [6, 6.07) is 22.1. The van der Waals surface area contributed by atoms with Crippen LogP contribution in [0.25, 0.3) is 5.57 Å². The van der Waals surface area contributed by atoms with Crippen molar-refractivity contribution in [2.24, 2.45) is 0 Å². The summed E-state index contributed by atoms with van der Waals surface area (Å²) in [5, 5.41) is 3.15. The van der Waals surface area contributed by atoms with Crippen molar-refractivity contribution in [1.29, 1.82) is 0 Å². The summed E-state index contributed by atoms with van der Waals surface area (Å²) in [5.41, 5.74) is 2.55. The van der Waals surface area contributed by atoms with Crippen molar-refractivity contribution in [3.63, 3.8) is 0 Å². The SMILES string of the molecule is COc1ccc(NC2=C(c3ccccc3OC)C(=O)N(CCc3ccccc3)C2=O)c(OC)c1. The van der Waals surface area contributed by atoms with Crippen molar-refractivity contribution in [2.75, 3.05) is 33.2 Å². The summed E-state index contributed by atoms with van der Waals surface area (Å²) in [4.78, 5) is 28.4. The molecule has 7 nitrogen and oxygen atoms in total. The molecule has 4 rings (SSSR count). The van der Waals surface area contributed by atoms with Gasteiger partial charge in [-0.1, -0.05) is 48.5 Å². The summed E-state index contributed by atoms with van der Waals surface area (Å²) in [5.74, 6) is 0.818. The highest BCUT2D eigenvalue weighted by Crippen LogP contribution is 2.37. The van der Waals surface area contributed by atoms with E-state index in [4.69, 9.17) is 14.2 Å². The lowest BCUT2D eigenvalue weighted by Crippen LogP contribution is -2.34. The Balaban J connectivity index is 1.74. The number of hydrogen-bond acceptors (Lipinski definition) is 6. The van der Waals surface area contributed by atoms with Crippen LogP contribution in [0.15, 0.2) is 78.5 Å². The molecule has 3 aromatic rings. The van der Waals surface area contributed by atoms with Gasteiger partial charge in [0.05, 0.1) is 32.6 Å². The number of nitrogens with zero attached hydrogens (tertiary/aromatic N) is 1. The first kappa shape index (κ1) is 22.9. The maximum Gasteiger partial charge on any atom is 0.278 e. The van der Waals surface area contributed by atoms with E-state index in [0.29, 0.717) is 34.9 Å². The maximum absolute atomic E-state index is 13.6. The highest BCUT2D eigenvalue weighted by atomic mass is 16.5. The van der Waals surface area contributed by atoms with Gasteiger partial charge in [-0.2, -0.15) is 0 Å². The molecule has 0 fully saturated rings. The number of benzene rings is 3. The van der Waals surface area contributed by atoms with Gasteiger partial charge in [0.25, 0.3) is 11.8 Å². The first-order chi connectivity index (χ1) is 16.6. The van der Waals surface area contributed by atoms with Crippen molar-refractivity contribution < 1.29 is 23.8 Å². The van der Waals surface area contributed by atoms with E-state index in [1.807, 2.05) is 36.4 Å². The van der Waals surface area contributed by atoms with Gasteiger partial charge in [0.2, 0.25) is 0 Å². The molecular weight excluding hydrogens is 432 g/mol. The average Bonchev–Trinajstić information content (AvgIpc) is 3.11. The number of rotatable bonds is 9. The molecular formula is C27H26N2O5. The molecule has 0 aromatic heterocycles. The minimum Gasteiger partial charge on any atom is -0.497 e. The second-order valence-corrected chi connectivity index (χ2v) is 7.64. The molecule has 0 atom stereocenters. The van der Waals surface area contributed by atoms with Crippen molar-refractivity contribution in [3.05, 3.63) is 89.6 Å². The third kappa shape index (κ3) is 4.45. The Labute approximate surface area is 198 Å². The Bertz CT molecular complexity index is 1240. The zero-order chi connectivity index (χ0) is 24.1. The first-order valence-corrected chi connectivity index (χ1v) is 10.8. The summed E-state index contributed by atoms with van der Waals surface area (Å²) < 4.78 is 16.2. The van der Waals surface area contributed by atoms with E-state index in [1.165, 1.54) is 19.1 Å². The van der Waals surface area contributed by atoms with Gasteiger partial charge in [-0.05, 0) is 30.2 Å². The Kier molecular flexibility index (Phi) is 6.82. The van der Waals surface area contributed by atoms with Crippen molar-refractivity contribution >= 4 is 23.1 Å². The molecule has 0 saturated carbocycles. The summed E-state index contributed by atoms with van der Waals surface area (Å²) in [6.07, 6.45) is 0.552. The monoisotopic (exact) mass is 458 g/mol. The number of amides is 2. The smallest absolute Gasteiger partial charge is 0.278 e. The van der Waals surface area contributed by atoms with Gasteiger partial charge in [0, 0.05) is 18.2 Å². The van der Waals surface area contributed by atoms with E-state index >= 15 is 0 Å². The fourth-order valence-corrected chi connectivity index (χ4v) is 3.92. The molecule has 1 aliphatic rings. The predicted molar refractivity (Wildman–Crippen MR) is 130 cm³/mol. The molecule has 174 valence electrons. The molecule has 1 aliphatic heterocycles. The first-order valence-electron chi connectivity index (χ1n) is 10.8. The molecule has 7 heteroatoms. The van der Waals surface area contributed by atoms with Crippen molar-refractivity contribution in [1.82, 2.24) is 4.90 Å². The molecule has 0 radical (unpaired) electrons. The Morgan fingerprint density at radius 2 is 1.47 bits per heavy atom. The number of methoxy groups -OCH3 is 3. The fourth-order valence-electron chi connectivity index (χ4n) is 3.92. The van der Waals surface area contributed by atoms with Gasteiger partial charge in [-0.15, -0.1) is 0 Å². The number of carbonyl (C=O) groups excluding carboxylic acids is 2. The lowest BCUT2D eigenvalue weighted by atomic mass is 10.0. The number of para-hydroxylation sites is 1. The molecule has 0 aliphatic carbocycles. The van der Waals surface area contributed by atoms with Crippen LogP contribution >= 0.6 is 0 Å². The molecule has 34 heavy (non-hydrogen) atoms. The third-order valence-corrected chi connectivity index (χ3v) is 5.68. The summed E-state index contributed by atoms with van der Waals surface area (Å²) in [7, 11) is 4.63. The van der Waals surface area contributed by atoms with Crippen LogP contribution in [0.3, 0.4) is 0 Å². The third-order valence-electron chi connectivity index (χ3n) is 5.68. The normalized spacial score (nSPS) is 13.3. The highest BCUT2D eigenvalue weighted by molar-refractivity contribution is 6.37. The van der Waals surface area contributed by atoms with Crippen LogP contribution in [0, 0.1) is 0 Å². The molecule has 0 saturated heterocycles. The van der Waals surface area contributed by atoms with E-state index in [0.717, 1.165) is 5.56 Å². The van der Waals surface area contributed by atoms with Crippen LogP contribution in [0.5, 0.6) is 17.2 Å². The fraction of sp³-hybridized carbons (Fsp3) is 0.185. The number of nitrogens with one attached hydrogen (secondary N) is 1. The van der Waals surface area contributed by atoms with E-state index < -0.39 is 5.91 Å². The predicted octanol–water partition coefficient (Wildman–Crippen LogP) is 4.15. The quantitative estimate of drug-likeness (QED) is 0.486. The van der Waals surface area contributed by atoms with Gasteiger partial charge in [0.15, 0.2) is 0 Å². The molecule has 3 aromatic carbocycles. The second kappa shape index (κ2) is 10.1. The van der Waals surface area contributed by atoms with Crippen LogP contribution in [-0.2, 0) is 16.0 Å². The van der Waals surface area contributed by atoms with Crippen LogP contribution in [-0.4, -0.2) is 44.6 Å². The minimum absolute atomic E-state index is 0.172. The number of carbonyl (C=O) groups is 2. The average molecular weight is 459 g/mol. The zero-order valence-corrected chi connectivity index (χ0v) is 19.3. The van der Waals surface area contributed by atoms with E-state index in [9.17, 15) is 9.59 Å². The topological polar surface area (TPSA) is 77.1 Å². The van der Waals surface area contributed by atoms with Gasteiger partial charge < -0.3 is 19.5 Å². The van der Waals surface area contributed by atoms with Crippen molar-refractivity contribution in [2.45, 2.75) is 6.42 Å². The molecule has 0 bridgehead atoms. The lowest BCUT2D eigenvalue weighted by molar-refractivity contribution is -0.136.